The zero-order chi connectivity index (χ0) is 11.8. The summed E-state index contributed by atoms with van der Waals surface area (Å²) < 4.78 is 0. The summed E-state index contributed by atoms with van der Waals surface area (Å²) in [6.07, 6.45) is 11.1. The van der Waals surface area contributed by atoms with Crippen LogP contribution in [0.25, 0.3) is 0 Å². The highest BCUT2D eigenvalue weighted by Gasteiger charge is 2.49. The van der Waals surface area contributed by atoms with Gasteiger partial charge in [-0.3, -0.25) is 0 Å². The first kappa shape index (κ1) is 11.6. The van der Waals surface area contributed by atoms with Gasteiger partial charge in [0.1, 0.15) is 0 Å². The van der Waals surface area contributed by atoms with Crippen molar-refractivity contribution >= 4 is 0 Å². The molecule has 0 saturated heterocycles. The summed E-state index contributed by atoms with van der Waals surface area (Å²) in [6.45, 7) is 2.50. The molecule has 0 spiro atoms. The summed E-state index contributed by atoms with van der Waals surface area (Å²) in [5.41, 5.74) is 0. The second kappa shape index (κ2) is 4.63. The van der Waals surface area contributed by atoms with Gasteiger partial charge in [-0.2, -0.15) is 5.26 Å². The Hall–Kier alpha value is -0.510. The Morgan fingerprint density at radius 3 is 1.59 bits per heavy atom. The average molecular weight is 231 g/mol. The lowest BCUT2D eigenvalue weighted by Crippen LogP contribution is -2.47. The van der Waals surface area contributed by atoms with Gasteiger partial charge in [-0.25, -0.2) is 0 Å². The van der Waals surface area contributed by atoms with Crippen LogP contribution in [0.2, 0.25) is 0 Å². The molecule has 3 aliphatic rings. The van der Waals surface area contributed by atoms with Gasteiger partial charge in [0.05, 0.1) is 12.0 Å². The number of fused-ring (bicyclic) bond motifs is 2. The maximum atomic E-state index is 9.61. The molecule has 94 valence electrons. The number of nitrogens with zero attached hydrogens (tertiary/aromatic N) is 1. The SMILES string of the molecule is CC1C2CCCCC2C(C#N)C2CCCCC12. The predicted molar refractivity (Wildman–Crippen MR) is 69.2 cm³/mol. The van der Waals surface area contributed by atoms with Crippen LogP contribution in [0.3, 0.4) is 0 Å². The molecule has 3 fully saturated rings. The highest BCUT2D eigenvalue weighted by molar-refractivity contribution is 5.05. The van der Waals surface area contributed by atoms with E-state index < -0.39 is 0 Å². The highest BCUT2D eigenvalue weighted by atomic mass is 14.5. The normalized spacial score (nSPS) is 49.9. The zero-order valence-electron chi connectivity index (χ0n) is 11.1. The number of rotatable bonds is 0. The monoisotopic (exact) mass is 231 g/mol. The number of hydrogen-bond donors (Lipinski definition) is 0. The van der Waals surface area contributed by atoms with E-state index in [9.17, 15) is 5.26 Å². The molecule has 0 N–H and O–H groups in total. The van der Waals surface area contributed by atoms with Crippen molar-refractivity contribution in [3.63, 3.8) is 0 Å². The van der Waals surface area contributed by atoms with E-state index in [4.69, 9.17) is 0 Å². The van der Waals surface area contributed by atoms with Crippen LogP contribution >= 0.6 is 0 Å². The summed E-state index contributed by atoms with van der Waals surface area (Å²) in [5.74, 6) is 4.57. The van der Waals surface area contributed by atoms with Gasteiger partial charge in [0, 0.05) is 0 Å². The van der Waals surface area contributed by atoms with E-state index >= 15 is 0 Å². The van der Waals surface area contributed by atoms with Crippen molar-refractivity contribution in [1.29, 1.82) is 5.26 Å². The molecular weight excluding hydrogens is 206 g/mol. The molecule has 0 aromatic carbocycles. The summed E-state index contributed by atoms with van der Waals surface area (Å²) >= 11 is 0. The molecular formula is C16H25N. The van der Waals surface area contributed by atoms with Crippen molar-refractivity contribution in [2.75, 3.05) is 0 Å². The number of hydrogen-bond acceptors (Lipinski definition) is 1. The molecule has 0 bridgehead atoms. The molecule has 0 amide bonds. The van der Waals surface area contributed by atoms with Crippen LogP contribution in [0, 0.1) is 46.8 Å². The van der Waals surface area contributed by atoms with E-state index in [1.807, 2.05) is 0 Å². The van der Waals surface area contributed by atoms with Crippen LogP contribution in [0.15, 0.2) is 0 Å². The zero-order valence-corrected chi connectivity index (χ0v) is 11.1. The van der Waals surface area contributed by atoms with Crippen molar-refractivity contribution in [2.24, 2.45) is 35.5 Å². The number of nitriles is 1. The van der Waals surface area contributed by atoms with Gasteiger partial charge in [0.2, 0.25) is 0 Å². The molecule has 0 heterocycles. The lowest BCUT2D eigenvalue weighted by Gasteiger charge is -2.52. The molecule has 1 heteroatoms. The Morgan fingerprint density at radius 2 is 1.18 bits per heavy atom. The third kappa shape index (κ3) is 1.81. The Kier molecular flexibility index (Phi) is 3.16. The van der Waals surface area contributed by atoms with Crippen molar-refractivity contribution in [3.05, 3.63) is 0 Å². The summed E-state index contributed by atoms with van der Waals surface area (Å²) in [5, 5.41) is 9.61. The molecule has 0 radical (unpaired) electrons. The van der Waals surface area contributed by atoms with E-state index in [1.54, 1.807) is 0 Å². The maximum Gasteiger partial charge on any atom is 0.0661 e. The van der Waals surface area contributed by atoms with E-state index in [2.05, 4.69) is 13.0 Å². The minimum absolute atomic E-state index is 0.404. The van der Waals surface area contributed by atoms with E-state index in [0.29, 0.717) is 5.92 Å². The van der Waals surface area contributed by atoms with Gasteiger partial charge < -0.3 is 0 Å². The topological polar surface area (TPSA) is 23.8 Å². The van der Waals surface area contributed by atoms with Gasteiger partial charge in [-0.05, 0) is 55.3 Å². The highest BCUT2D eigenvalue weighted by Crippen LogP contribution is 2.55. The molecule has 0 aliphatic heterocycles. The van der Waals surface area contributed by atoms with Crippen molar-refractivity contribution < 1.29 is 0 Å². The fourth-order valence-electron chi connectivity index (χ4n) is 5.40. The van der Waals surface area contributed by atoms with Crippen LogP contribution in [-0.2, 0) is 0 Å². The molecule has 3 saturated carbocycles. The summed E-state index contributed by atoms with van der Waals surface area (Å²) in [6, 6.07) is 2.72. The quantitative estimate of drug-likeness (QED) is 0.606. The van der Waals surface area contributed by atoms with Crippen molar-refractivity contribution in [2.45, 2.75) is 58.3 Å². The van der Waals surface area contributed by atoms with E-state index in [-0.39, 0.29) is 0 Å². The largest absolute Gasteiger partial charge is 0.198 e. The second-order valence-electron chi connectivity index (χ2n) is 6.74. The first-order valence-corrected chi connectivity index (χ1v) is 7.72. The Labute approximate surface area is 106 Å². The Morgan fingerprint density at radius 1 is 0.765 bits per heavy atom. The summed E-state index contributed by atoms with van der Waals surface area (Å²) in [7, 11) is 0. The minimum Gasteiger partial charge on any atom is -0.198 e. The minimum atomic E-state index is 0.404. The first-order valence-electron chi connectivity index (χ1n) is 7.72. The lowest BCUT2D eigenvalue weighted by molar-refractivity contribution is -0.0328. The molecule has 1 nitrogen and oxygen atoms in total. The summed E-state index contributed by atoms with van der Waals surface area (Å²) in [4.78, 5) is 0. The molecule has 0 aromatic heterocycles. The molecule has 4 unspecified atom stereocenters. The van der Waals surface area contributed by atoms with Gasteiger partial charge in [0.25, 0.3) is 0 Å². The molecule has 4 atom stereocenters. The molecule has 0 aromatic rings. The Balaban J connectivity index is 1.88. The van der Waals surface area contributed by atoms with Crippen LogP contribution in [0.1, 0.15) is 58.3 Å². The Bertz CT molecular complexity index is 292. The third-order valence-electron chi connectivity index (χ3n) is 6.17. The second-order valence-corrected chi connectivity index (χ2v) is 6.74. The van der Waals surface area contributed by atoms with Crippen LogP contribution in [-0.4, -0.2) is 0 Å². The smallest absolute Gasteiger partial charge is 0.0661 e. The van der Waals surface area contributed by atoms with Gasteiger partial charge in [-0.1, -0.05) is 32.6 Å². The maximum absolute atomic E-state index is 9.61. The fourth-order valence-corrected chi connectivity index (χ4v) is 5.40. The standard InChI is InChI=1S/C16H25N/c1-11-12-6-2-4-8-14(12)16(10-17)15-9-5-3-7-13(11)15/h11-16H,2-9H2,1H3. The molecule has 3 aliphatic carbocycles. The molecule has 3 rings (SSSR count). The predicted octanol–water partition coefficient (Wildman–Crippen LogP) is 4.39. The van der Waals surface area contributed by atoms with Crippen molar-refractivity contribution in [3.8, 4) is 6.07 Å². The van der Waals surface area contributed by atoms with Crippen LogP contribution in [0.4, 0.5) is 0 Å². The van der Waals surface area contributed by atoms with E-state index in [1.165, 1.54) is 51.4 Å². The van der Waals surface area contributed by atoms with Gasteiger partial charge in [-0.15, -0.1) is 0 Å². The van der Waals surface area contributed by atoms with E-state index in [0.717, 1.165) is 29.6 Å². The van der Waals surface area contributed by atoms with Crippen LogP contribution in [0.5, 0.6) is 0 Å². The van der Waals surface area contributed by atoms with Gasteiger partial charge in [0.15, 0.2) is 0 Å². The lowest BCUT2D eigenvalue weighted by atomic mass is 9.51. The van der Waals surface area contributed by atoms with Crippen molar-refractivity contribution in [1.82, 2.24) is 0 Å². The average Bonchev–Trinajstić information content (AvgIpc) is 2.40. The third-order valence-corrected chi connectivity index (χ3v) is 6.17. The van der Waals surface area contributed by atoms with Gasteiger partial charge >= 0.3 is 0 Å². The fraction of sp³-hybridized carbons (Fsp3) is 0.938. The first-order chi connectivity index (χ1) is 8.33. The van der Waals surface area contributed by atoms with Crippen LogP contribution < -0.4 is 0 Å². The molecule has 17 heavy (non-hydrogen) atoms.